The van der Waals surface area contributed by atoms with E-state index in [0.717, 1.165) is 13.2 Å². The topological polar surface area (TPSA) is 26.1 Å². The Hall–Kier alpha value is -0.500. The molecule has 0 saturated heterocycles. The van der Waals surface area contributed by atoms with E-state index in [9.17, 15) is 0 Å². The molecule has 2 nitrogen and oxygen atoms in total. The second kappa shape index (κ2) is 2.62. The van der Waals surface area contributed by atoms with Crippen molar-refractivity contribution in [1.29, 1.82) is 0 Å². The normalized spacial score (nSPS) is 25.6. The third kappa shape index (κ3) is 1.03. The van der Waals surface area contributed by atoms with Crippen LogP contribution in [0.1, 0.15) is 25.7 Å². The summed E-state index contributed by atoms with van der Waals surface area (Å²) in [6, 6.07) is 0. The number of allylic oxidation sites excluding steroid dienone is 1. The molecule has 1 heterocycles. The fourth-order valence-electron chi connectivity index (χ4n) is 1.69. The Labute approximate surface area is 61.7 Å². The summed E-state index contributed by atoms with van der Waals surface area (Å²) in [5.41, 5.74) is 2.97. The van der Waals surface area contributed by atoms with E-state index in [1.807, 2.05) is 0 Å². The first-order valence-electron chi connectivity index (χ1n) is 4.06. The molecule has 0 bridgehead atoms. The minimum absolute atomic E-state index is 0.846. The molecule has 55 valence electrons. The number of hydrogen-bond acceptors (Lipinski definition) is 1. The lowest BCUT2D eigenvalue weighted by Crippen LogP contribution is -2.33. The van der Waals surface area contributed by atoms with Crippen LogP contribution in [0.15, 0.2) is 11.3 Å². The average molecular weight is 137 g/mol. The van der Waals surface area contributed by atoms with Crippen LogP contribution in [0, 0.1) is 0 Å². The zero-order chi connectivity index (χ0) is 6.81. The van der Waals surface area contributed by atoms with Crippen molar-refractivity contribution < 1.29 is 0 Å². The molecule has 0 aromatic rings. The van der Waals surface area contributed by atoms with Gasteiger partial charge in [-0.3, -0.25) is 10.6 Å². The molecule has 0 spiro atoms. The molecular weight excluding hydrogens is 124 g/mol. The Kier molecular flexibility index (Phi) is 1.63. The minimum Gasteiger partial charge on any atom is -0.294 e. The maximum absolute atomic E-state index is 4.42. The molecule has 2 rings (SSSR count). The van der Waals surface area contributed by atoms with E-state index in [1.54, 1.807) is 5.57 Å². The smallest absolute Gasteiger partial charge is 0.0890 e. The number of nitrogens with one attached hydrogen (secondary N) is 1. The number of rotatable bonds is 0. The summed E-state index contributed by atoms with van der Waals surface area (Å²) in [6.07, 6.45) is 5.24. The zero-order valence-corrected chi connectivity index (χ0v) is 6.19. The first kappa shape index (κ1) is 6.23. The molecule has 0 aromatic heterocycles. The molecule has 1 radical (unpaired) electrons. The van der Waals surface area contributed by atoms with Crippen molar-refractivity contribution in [3.63, 3.8) is 0 Å². The highest BCUT2D eigenvalue weighted by Gasteiger charge is 2.15. The van der Waals surface area contributed by atoms with Crippen LogP contribution in [0.25, 0.3) is 0 Å². The van der Waals surface area contributed by atoms with E-state index in [2.05, 4.69) is 10.6 Å². The number of nitrogens with zero attached hydrogens (tertiary/aromatic N) is 1. The quantitative estimate of drug-likeness (QED) is 0.529. The lowest BCUT2D eigenvalue weighted by atomic mass is 9.95. The molecule has 1 aliphatic heterocycles. The highest BCUT2D eigenvalue weighted by molar-refractivity contribution is 5.18. The lowest BCUT2D eigenvalue weighted by Gasteiger charge is -2.24. The van der Waals surface area contributed by atoms with Gasteiger partial charge in [0.05, 0.1) is 6.67 Å². The van der Waals surface area contributed by atoms with Gasteiger partial charge in [-0.1, -0.05) is 0 Å². The third-order valence-electron chi connectivity index (χ3n) is 2.27. The Morgan fingerprint density at radius 1 is 1.20 bits per heavy atom. The number of hydrogen-bond donors (Lipinski definition) is 1. The molecule has 2 heteroatoms. The van der Waals surface area contributed by atoms with Crippen LogP contribution in [0.2, 0.25) is 0 Å². The maximum atomic E-state index is 4.42. The summed E-state index contributed by atoms with van der Waals surface area (Å²) in [5.74, 6) is 0. The molecule has 10 heavy (non-hydrogen) atoms. The highest BCUT2D eigenvalue weighted by atomic mass is 15.1. The van der Waals surface area contributed by atoms with Gasteiger partial charge in [-0.15, -0.1) is 0 Å². The standard InChI is InChI=1S/C8H13N2/c1-2-4-8-7(3-1)5-9-6-10-8/h9H,1-6H2. The Morgan fingerprint density at radius 2 is 2.10 bits per heavy atom. The van der Waals surface area contributed by atoms with Crippen molar-refractivity contribution >= 4 is 0 Å². The Morgan fingerprint density at radius 3 is 3.00 bits per heavy atom. The average Bonchev–Trinajstić information content (AvgIpc) is 2.05. The first-order chi connectivity index (χ1) is 4.97. The predicted octanol–water partition coefficient (Wildman–Crippen LogP) is 0.980. The summed E-state index contributed by atoms with van der Waals surface area (Å²) in [4.78, 5) is 0. The van der Waals surface area contributed by atoms with Crippen LogP contribution >= 0.6 is 0 Å². The van der Waals surface area contributed by atoms with E-state index in [4.69, 9.17) is 0 Å². The molecular formula is C8H13N2. The van der Waals surface area contributed by atoms with Gasteiger partial charge >= 0.3 is 0 Å². The molecule has 2 aliphatic rings. The molecule has 1 aliphatic carbocycles. The van der Waals surface area contributed by atoms with Gasteiger partial charge in [-0.2, -0.15) is 0 Å². The Balaban J connectivity index is 2.14. The van der Waals surface area contributed by atoms with Crippen LogP contribution in [0.5, 0.6) is 0 Å². The van der Waals surface area contributed by atoms with Crippen molar-refractivity contribution in [3.8, 4) is 0 Å². The molecule has 1 N–H and O–H groups in total. The van der Waals surface area contributed by atoms with Crippen LogP contribution in [-0.4, -0.2) is 13.2 Å². The SMILES string of the molecule is C1CCC2=C(C1)CNC[N]2. The van der Waals surface area contributed by atoms with Gasteiger partial charge in [0.25, 0.3) is 0 Å². The predicted molar refractivity (Wildman–Crippen MR) is 40.5 cm³/mol. The van der Waals surface area contributed by atoms with Gasteiger partial charge < -0.3 is 0 Å². The highest BCUT2D eigenvalue weighted by Crippen LogP contribution is 2.24. The van der Waals surface area contributed by atoms with Gasteiger partial charge in [-0.25, -0.2) is 0 Å². The van der Waals surface area contributed by atoms with E-state index in [0.29, 0.717) is 0 Å². The van der Waals surface area contributed by atoms with Crippen molar-refractivity contribution in [1.82, 2.24) is 10.6 Å². The zero-order valence-electron chi connectivity index (χ0n) is 6.19. The molecule has 0 saturated carbocycles. The van der Waals surface area contributed by atoms with Crippen molar-refractivity contribution in [2.75, 3.05) is 13.2 Å². The first-order valence-corrected chi connectivity index (χ1v) is 4.06. The van der Waals surface area contributed by atoms with Crippen LogP contribution in [-0.2, 0) is 0 Å². The third-order valence-corrected chi connectivity index (χ3v) is 2.27. The summed E-state index contributed by atoms with van der Waals surface area (Å²) >= 11 is 0. The van der Waals surface area contributed by atoms with Crippen LogP contribution in [0.4, 0.5) is 0 Å². The van der Waals surface area contributed by atoms with Gasteiger partial charge in [-0.05, 0) is 31.3 Å². The van der Waals surface area contributed by atoms with Gasteiger partial charge in [0.1, 0.15) is 0 Å². The fraction of sp³-hybridized carbons (Fsp3) is 0.750. The summed E-state index contributed by atoms with van der Waals surface area (Å²) in [5, 5.41) is 7.68. The fourth-order valence-corrected chi connectivity index (χ4v) is 1.69. The van der Waals surface area contributed by atoms with E-state index < -0.39 is 0 Å². The van der Waals surface area contributed by atoms with E-state index in [1.165, 1.54) is 31.4 Å². The Bertz CT molecular complexity index is 127. The second-order valence-corrected chi connectivity index (χ2v) is 3.00. The molecule has 0 fully saturated rings. The molecule has 0 aromatic carbocycles. The molecule has 0 atom stereocenters. The monoisotopic (exact) mass is 137 g/mol. The summed E-state index contributed by atoms with van der Waals surface area (Å²) in [6.45, 7) is 1.94. The summed E-state index contributed by atoms with van der Waals surface area (Å²) in [7, 11) is 0. The van der Waals surface area contributed by atoms with Gasteiger partial charge in [0.2, 0.25) is 0 Å². The lowest BCUT2D eigenvalue weighted by molar-refractivity contribution is 0.521. The van der Waals surface area contributed by atoms with Crippen molar-refractivity contribution in [2.24, 2.45) is 0 Å². The molecule has 0 unspecified atom stereocenters. The van der Waals surface area contributed by atoms with Crippen LogP contribution < -0.4 is 10.6 Å². The maximum Gasteiger partial charge on any atom is 0.0890 e. The van der Waals surface area contributed by atoms with Gasteiger partial charge in [0, 0.05) is 12.2 Å². The van der Waals surface area contributed by atoms with E-state index in [-0.39, 0.29) is 0 Å². The van der Waals surface area contributed by atoms with Crippen LogP contribution in [0.3, 0.4) is 0 Å². The minimum atomic E-state index is 0.846. The van der Waals surface area contributed by atoms with Gasteiger partial charge in [0.15, 0.2) is 0 Å². The van der Waals surface area contributed by atoms with E-state index >= 15 is 0 Å². The second-order valence-electron chi connectivity index (χ2n) is 3.00. The van der Waals surface area contributed by atoms with Crippen molar-refractivity contribution in [3.05, 3.63) is 11.3 Å². The summed E-state index contributed by atoms with van der Waals surface area (Å²) < 4.78 is 0. The largest absolute Gasteiger partial charge is 0.294 e. The van der Waals surface area contributed by atoms with Crippen molar-refractivity contribution in [2.45, 2.75) is 25.7 Å². The molecule has 0 amide bonds.